The topological polar surface area (TPSA) is 64.8 Å². The number of anilines is 1. The van der Waals surface area contributed by atoms with Crippen LogP contribution in [0.2, 0.25) is 0 Å². The normalized spacial score (nSPS) is 19.0. The summed E-state index contributed by atoms with van der Waals surface area (Å²) in [5.41, 5.74) is 2.18. The number of urea groups is 1. The first kappa shape index (κ1) is 18.8. The number of amides is 2. The molecule has 150 valence electrons. The number of para-hydroxylation sites is 1. The van der Waals surface area contributed by atoms with Gasteiger partial charge >= 0.3 is 6.03 Å². The molecule has 4 rings (SSSR count). The molecule has 1 aromatic heterocycles. The fraction of sp³-hybridized carbons (Fsp3) is 0.524. The van der Waals surface area contributed by atoms with E-state index in [1.165, 1.54) is 5.69 Å². The van der Waals surface area contributed by atoms with Crippen LogP contribution >= 0.6 is 0 Å². The molecule has 1 aromatic carbocycles. The van der Waals surface area contributed by atoms with E-state index in [-0.39, 0.29) is 12.1 Å². The highest BCUT2D eigenvalue weighted by Gasteiger charge is 2.26. The highest BCUT2D eigenvalue weighted by Crippen LogP contribution is 2.19. The minimum atomic E-state index is 0.0771. The molecule has 7 nitrogen and oxygen atoms in total. The fourth-order valence-electron chi connectivity index (χ4n) is 4.01. The second-order valence-corrected chi connectivity index (χ2v) is 7.74. The number of piperazine rings is 1. The summed E-state index contributed by atoms with van der Waals surface area (Å²) in [5.74, 6) is 0.889. The van der Waals surface area contributed by atoms with E-state index in [9.17, 15) is 4.79 Å². The van der Waals surface area contributed by atoms with Crippen molar-refractivity contribution in [2.45, 2.75) is 32.4 Å². The van der Waals surface area contributed by atoms with E-state index in [2.05, 4.69) is 44.5 Å². The quantitative estimate of drug-likeness (QED) is 0.879. The second kappa shape index (κ2) is 8.65. The van der Waals surface area contributed by atoms with Gasteiger partial charge in [-0.25, -0.2) is 4.79 Å². The summed E-state index contributed by atoms with van der Waals surface area (Å²) >= 11 is 0. The van der Waals surface area contributed by atoms with E-state index in [1.807, 2.05) is 24.0 Å². The standard InChI is InChI=1S/C21H29N5O2/c1-17-15-20(28-23-17)16-24-11-13-26(14-12-24)21(27)22-18-7-9-25(10-8-18)19-5-3-2-4-6-19/h2-6,15,18H,7-14,16H2,1H3,(H,22,27). The molecule has 2 saturated heterocycles. The third kappa shape index (κ3) is 4.65. The summed E-state index contributed by atoms with van der Waals surface area (Å²) in [6, 6.07) is 12.8. The summed E-state index contributed by atoms with van der Waals surface area (Å²) in [6.07, 6.45) is 1.98. The van der Waals surface area contributed by atoms with E-state index < -0.39 is 0 Å². The molecule has 2 aromatic rings. The monoisotopic (exact) mass is 383 g/mol. The molecule has 0 atom stereocenters. The van der Waals surface area contributed by atoms with Crippen molar-refractivity contribution in [2.75, 3.05) is 44.2 Å². The Morgan fingerprint density at radius 2 is 1.82 bits per heavy atom. The molecule has 0 saturated carbocycles. The number of hydrogen-bond donors (Lipinski definition) is 1. The van der Waals surface area contributed by atoms with E-state index >= 15 is 0 Å². The second-order valence-electron chi connectivity index (χ2n) is 7.74. The molecule has 2 aliphatic rings. The molecule has 2 amide bonds. The Balaban J connectivity index is 1.19. The van der Waals surface area contributed by atoms with Crippen LogP contribution in [0.4, 0.5) is 10.5 Å². The molecule has 2 fully saturated rings. The van der Waals surface area contributed by atoms with Crippen molar-refractivity contribution in [3.8, 4) is 0 Å². The molecule has 0 unspecified atom stereocenters. The Labute approximate surface area is 166 Å². The third-order valence-corrected chi connectivity index (χ3v) is 5.66. The Hall–Kier alpha value is -2.54. The van der Waals surface area contributed by atoms with Crippen molar-refractivity contribution in [1.82, 2.24) is 20.3 Å². The van der Waals surface area contributed by atoms with Crippen LogP contribution in [0, 0.1) is 6.92 Å². The minimum Gasteiger partial charge on any atom is -0.371 e. The first-order valence-corrected chi connectivity index (χ1v) is 10.2. The van der Waals surface area contributed by atoms with Gasteiger partial charge in [0.05, 0.1) is 12.2 Å². The van der Waals surface area contributed by atoms with Gasteiger partial charge in [0.25, 0.3) is 0 Å². The number of aromatic nitrogens is 1. The average Bonchev–Trinajstić information content (AvgIpc) is 3.14. The number of carbonyl (C=O) groups excluding carboxylic acids is 1. The van der Waals surface area contributed by atoms with Gasteiger partial charge in [0.2, 0.25) is 0 Å². The lowest BCUT2D eigenvalue weighted by Gasteiger charge is -2.37. The van der Waals surface area contributed by atoms with Crippen LogP contribution in [0.25, 0.3) is 0 Å². The van der Waals surface area contributed by atoms with Crippen molar-refractivity contribution < 1.29 is 9.32 Å². The summed E-state index contributed by atoms with van der Waals surface area (Å²) in [6.45, 7) is 7.88. The Morgan fingerprint density at radius 3 is 2.46 bits per heavy atom. The summed E-state index contributed by atoms with van der Waals surface area (Å²) in [5, 5.41) is 7.18. The summed E-state index contributed by atoms with van der Waals surface area (Å²) in [4.78, 5) is 19.3. The van der Waals surface area contributed by atoms with Crippen molar-refractivity contribution in [3.05, 3.63) is 47.9 Å². The van der Waals surface area contributed by atoms with E-state index in [0.717, 1.165) is 70.1 Å². The van der Waals surface area contributed by atoms with Crippen LogP contribution < -0.4 is 10.2 Å². The molecule has 3 heterocycles. The molecule has 1 N–H and O–H groups in total. The Morgan fingerprint density at radius 1 is 1.11 bits per heavy atom. The maximum atomic E-state index is 12.6. The van der Waals surface area contributed by atoms with Gasteiger partial charge in [0.15, 0.2) is 5.76 Å². The van der Waals surface area contributed by atoms with E-state index in [1.54, 1.807) is 0 Å². The first-order chi connectivity index (χ1) is 13.7. The molecule has 28 heavy (non-hydrogen) atoms. The van der Waals surface area contributed by atoms with Gasteiger partial charge in [-0.3, -0.25) is 4.90 Å². The third-order valence-electron chi connectivity index (χ3n) is 5.66. The van der Waals surface area contributed by atoms with Crippen molar-refractivity contribution in [1.29, 1.82) is 0 Å². The number of nitrogens with one attached hydrogen (secondary N) is 1. The lowest BCUT2D eigenvalue weighted by Crippen LogP contribution is -2.54. The average molecular weight is 383 g/mol. The zero-order valence-corrected chi connectivity index (χ0v) is 16.5. The number of carbonyl (C=O) groups is 1. The number of nitrogens with zero attached hydrogens (tertiary/aromatic N) is 4. The van der Waals surface area contributed by atoms with E-state index in [0.29, 0.717) is 0 Å². The van der Waals surface area contributed by atoms with Gasteiger partial charge in [-0.2, -0.15) is 0 Å². The zero-order chi connectivity index (χ0) is 19.3. The predicted octanol–water partition coefficient (Wildman–Crippen LogP) is 2.48. The van der Waals surface area contributed by atoms with Gasteiger partial charge < -0.3 is 19.6 Å². The Bertz CT molecular complexity index is 762. The highest BCUT2D eigenvalue weighted by atomic mass is 16.5. The largest absolute Gasteiger partial charge is 0.371 e. The smallest absolute Gasteiger partial charge is 0.317 e. The van der Waals surface area contributed by atoms with Gasteiger partial charge in [-0.05, 0) is 31.9 Å². The van der Waals surface area contributed by atoms with Gasteiger partial charge in [-0.1, -0.05) is 23.4 Å². The van der Waals surface area contributed by atoms with Gasteiger partial charge in [0, 0.05) is 57.1 Å². The van der Waals surface area contributed by atoms with Crippen LogP contribution in [-0.2, 0) is 6.54 Å². The SMILES string of the molecule is Cc1cc(CN2CCN(C(=O)NC3CCN(c4ccccc4)CC3)CC2)on1. The first-order valence-electron chi connectivity index (χ1n) is 10.2. The number of aryl methyl sites for hydroxylation is 1. The number of piperidine rings is 1. The number of benzene rings is 1. The maximum absolute atomic E-state index is 12.6. The van der Waals surface area contributed by atoms with Gasteiger partial charge in [-0.15, -0.1) is 0 Å². The van der Waals surface area contributed by atoms with Crippen LogP contribution in [0.15, 0.2) is 40.9 Å². The summed E-state index contributed by atoms with van der Waals surface area (Å²) < 4.78 is 5.29. The van der Waals surface area contributed by atoms with Crippen LogP contribution in [0.3, 0.4) is 0 Å². The Kier molecular flexibility index (Phi) is 5.81. The molecule has 0 radical (unpaired) electrons. The van der Waals surface area contributed by atoms with E-state index in [4.69, 9.17) is 4.52 Å². The fourth-order valence-corrected chi connectivity index (χ4v) is 4.01. The molecule has 2 aliphatic heterocycles. The van der Waals surface area contributed by atoms with Crippen LogP contribution in [-0.4, -0.2) is 66.3 Å². The number of rotatable bonds is 4. The van der Waals surface area contributed by atoms with Crippen molar-refractivity contribution in [3.63, 3.8) is 0 Å². The minimum absolute atomic E-state index is 0.0771. The number of hydrogen-bond acceptors (Lipinski definition) is 5. The summed E-state index contributed by atoms with van der Waals surface area (Å²) in [7, 11) is 0. The van der Waals surface area contributed by atoms with Crippen molar-refractivity contribution >= 4 is 11.7 Å². The molecular weight excluding hydrogens is 354 g/mol. The molecule has 0 aliphatic carbocycles. The molecule has 0 bridgehead atoms. The van der Waals surface area contributed by atoms with Crippen LogP contribution in [0.1, 0.15) is 24.3 Å². The van der Waals surface area contributed by atoms with Gasteiger partial charge in [0.1, 0.15) is 0 Å². The predicted molar refractivity (Wildman–Crippen MR) is 108 cm³/mol. The molecular formula is C21H29N5O2. The molecule has 7 heteroatoms. The maximum Gasteiger partial charge on any atom is 0.317 e. The highest BCUT2D eigenvalue weighted by molar-refractivity contribution is 5.74. The lowest BCUT2D eigenvalue weighted by molar-refractivity contribution is 0.125. The lowest BCUT2D eigenvalue weighted by atomic mass is 10.0. The molecule has 0 spiro atoms. The zero-order valence-electron chi connectivity index (χ0n) is 16.5. The van der Waals surface area contributed by atoms with Crippen molar-refractivity contribution in [2.24, 2.45) is 0 Å². The van der Waals surface area contributed by atoms with Crippen LogP contribution in [0.5, 0.6) is 0 Å².